The van der Waals surface area contributed by atoms with E-state index in [2.05, 4.69) is 18.7 Å². The van der Waals surface area contributed by atoms with Crippen LogP contribution in [0.4, 0.5) is 0 Å². The van der Waals surface area contributed by atoms with Crippen LogP contribution in [0.5, 0.6) is 0 Å². The van der Waals surface area contributed by atoms with Gasteiger partial charge >= 0.3 is 5.97 Å². The third-order valence-corrected chi connectivity index (χ3v) is 3.48. The molecule has 1 saturated heterocycles. The summed E-state index contributed by atoms with van der Waals surface area (Å²) in [7, 11) is 0. The fourth-order valence-corrected chi connectivity index (χ4v) is 2.03. The first kappa shape index (κ1) is 14.5. The van der Waals surface area contributed by atoms with Crippen LogP contribution in [0.3, 0.4) is 0 Å². The van der Waals surface area contributed by atoms with Crippen LogP contribution in [0.15, 0.2) is 0 Å². The third kappa shape index (κ3) is 4.28. The topological polar surface area (TPSA) is 55.6 Å². The van der Waals surface area contributed by atoms with Crippen molar-refractivity contribution in [1.82, 2.24) is 4.90 Å². The van der Waals surface area contributed by atoms with Gasteiger partial charge < -0.3 is 15.4 Å². The lowest BCUT2D eigenvalue weighted by Gasteiger charge is -2.34. The first-order chi connectivity index (χ1) is 7.91. The number of nitrogens with zero attached hydrogens (tertiary/aromatic N) is 1. The number of piperidine rings is 1. The van der Waals surface area contributed by atoms with Gasteiger partial charge in [0.15, 0.2) is 0 Å². The third-order valence-electron chi connectivity index (χ3n) is 3.48. The molecule has 1 heterocycles. The summed E-state index contributed by atoms with van der Waals surface area (Å²) in [4.78, 5) is 14.1. The molecule has 1 fully saturated rings. The molecule has 1 atom stereocenters. The predicted octanol–water partition coefficient (Wildman–Crippen LogP) is 1.39. The second-order valence-electron chi connectivity index (χ2n) is 5.54. The highest BCUT2D eigenvalue weighted by Crippen LogP contribution is 2.16. The van der Waals surface area contributed by atoms with Gasteiger partial charge in [0.2, 0.25) is 0 Å². The lowest BCUT2D eigenvalue weighted by Crippen LogP contribution is -2.44. The van der Waals surface area contributed by atoms with Crippen LogP contribution in [0.2, 0.25) is 0 Å². The van der Waals surface area contributed by atoms with Gasteiger partial charge in [-0.3, -0.25) is 4.79 Å². The summed E-state index contributed by atoms with van der Waals surface area (Å²) >= 11 is 0. The molecule has 0 amide bonds. The summed E-state index contributed by atoms with van der Waals surface area (Å²) in [6.45, 7) is 10.3. The number of likely N-dealkylation sites (tertiary alicyclic amines) is 1. The molecule has 100 valence electrons. The van der Waals surface area contributed by atoms with Gasteiger partial charge in [0, 0.05) is 19.1 Å². The van der Waals surface area contributed by atoms with E-state index in [1.54, 1.807) is 0 Å². The van der Waals surface area contributed by atoms with Crippen LogP contribution in [0.1, 0.15) is 40.5 Å². The summed E-state index contributed by atoms with van der Waals surface area (Å²) in [6, 6.07) is 0.0858. The van der Waals surface area contributed by atoms with Crippen LogP contribution in [-0.4, -0.2) is 42.1 Å². The minimum absolute atomic E-state index is 0.0577. The average Bonchev–Trinajstić information content (AvgIpc) is 2.28. The summed E-state index contributed by atoms with van der Waals surface area (Å²) < 4.78 is 5.45. The number of hydrogen-bond acceptors (Lipinski definition) is 4. The van der Waals surface area contributed by atoms with Gasteiger partial charge in [0.05, 0.1) is 0 Å². The van der Waals surface area contributed by atoms with E-state index < -0.39 is 6.04 Å². The van der Waals surface area contributed by atoms with Crippen molar-refractivity contribution in [3.63, 3.8) is 0 Å². The van der Waals surface area contributed by atoms with Crippen LogP contribution in [-0.2, 0) is 9.53 Å². The number of ether oxygens (including phenoxy) is 1. The molecule has 0 spiro atoms. The lowest BCUT2D eigenvalue weighted by atomic mass is 10.0. The molecule has 1 aliphatic rings. The number of carbonyl (C=O) groups excluding carboxylic acids is 1. The SMILES string of the molecule is CC(C)[C@H](N)C(=O)OC1CCN(C(C)C)CC1. The van der Waals surface area contributed by atoms with Gasteiger partial charge in [-0.1, -0.05) is 13.8 Å². The molecule has 1 aliphatic heterocycles. The van der Waals surface area contributed by atoms with E-state index in [4.69, 9.17) is 10.5 Å². The second-order valence-corrected chi connectivity index (χ2v) is 5.54. The van der Waals surface area contributed by atoms with Crippen molar-refractivity contribution in [2.75, 3.05) is 13.1 Å². The zero-order chi connectivity index (χ0) is 13.0. The molecular formula is C13H26N2O2. The molecule has 0 bridgehead atoms. The highest BCUT2D eigenvalue weighted by atomic mass is 16.5. The van der Waals surface area contributed by atoms with Crippen molar-refractivity contribution >= 4 is 5.97 Å². The van der Waals surface area contributed by atoms with Gasteiger partial charge in [0.1, 0.15) is 12.1 Å². The lowest BCUT2D eigenvalue weighted by molar-refractivity contribution is -0.154. The molecule has 17 heavy (non-hydrogen) atoms. The van der Waals surface area contributed by atoms with Crippen molar-refractivity contribution in [1.29, 1.82) is 0 Å². The molecule has 4 nitrogen and oxygen atoms in total. The van der Waals surface area contributed by atoms with Crippen molar-refractivity contribution in [2.45, 2.75) is 58.7 Å². The number of rotatable bonds is 4. The number of carbonyl (C=O) groups is 1. The van der Waals surface area contributed by atoms with E-state index in [0.29, 0.717) is 6.04 Å². The predicted molar refractivity (Wildman–Crippen MR) is 68.6 cm³/mol. The summed E-state index contributed by atoms with van der Waals surface area (Å²) in [6.07, 6.45) is 1.91. The molecule has 1 rings (SSSR count). The fraction of sp³-hybridized carbons (Fsp3) is 0.923. The van der Waals surface area contributed by atoms with Crippen molar-refractivity contribution in [2.24, 2.45) is 11.7 Å². The van der Waals surface area contributed by atoms with E-state index in [9.17, 15) is 4.79 Å². The number of hydrogen-bond donors (Lipinski definition) is 1. The van der Waals surface area contributed by atoms with E-state index in [-0.39, 0.29) is 18.0 Å². The second kappa shape index (κ2) is 6.36. The highest BCUT2D eigenvalue weighted by molar-refractivity contribution is 5.75. The zero-order valence-electron chi connectivity index (χ0n) is 11.5. The molecule has 2 N–H and O–H groups in total. The van der Waals surface area contributed by atoms with Crippen LogP contribution in [0, 0.1) is 5.92 Å². The van der Waals surface area contributed by atoms with Gasteiger partial charge in [0.25, 0.3) is 0 Å². The maximum atomic E-state index is 11.7. The molecule has 0 radical (unpaired) electrons. The van der Waals surface area contributed by atoms with Crippen molar-refractivity contribution in [3.05, 3.63) is 0 Å². The fourth-order valence-electron chi connectivity index (χ4n) is 2.03. The molecular weight excluding hydrogens is 216 g/mol. The Morgan fingerprint density at radius 3 is 2.18 bits per heavy atom. The van der Waals surface area contributed by atoms with E-state index >= 15 is 0 Å². The minimum Gasteiger partial charge on any atom is -0.461 e. The van der Waals surface area contributed by atoms with Crippen molar-refractivity contribution < 1.29 is 9.53 Å². The Balaban J connectivity index is 2.33. The Bertz CT molecular complexity index is 246. The van der Waals surface area contributed by atoms with E-state index in [1.807, 2.05) is 13.8 Å². The molecule has 0 aromatic carbocycles. The number of esters is 1. The number of nitrogens with two attached hydrogens (primary N) is 1. The van der Waals surface area contributed by atoms with Gasteiger partial charge in [-0.25, -0.2) is 0 Å². The Hall–Kier alpha value is -0.610. The maximum absolute atomic E-state index is 11.7. The highest BCUT2D eigenvalue weighted by Gasteiger charge is 2.26. The molecule has 0 saturated carbocycles. The molecule has 0 aromatic rings. The monoisotopic (exact) mass is 242 g/mol. The van der Waals surface area contributed by atoms with Gasteiger partial charge in [-0.05, 0) is 32.6 Å². The first-order valence-electron chi connectivity index (χ1n) is 6.62. The van der Waals surface area contributed by atoms with Crippen LogP contribution < -0.4 is 5.73 Å². The smallest absolute Gasteiger partial charge is 0.323 e. The van der Waals surface area contributed by atoms with Gasteiger partial charge in [-0.2, -0.15) is 0 Å². The standard InChI is InChI=1S/C13H26N2O2/c1-9(2)12(14)13(16)17-11-5-7-15(8-6-11)10(3)4/h9-12H,5-8,14H2,1-4H3/t12-/m0/s1. The quantitative estimate of drug-likeness (QED) is 0.757. The Morgan fingerprint density at radius 1 is 1.24 bits per heavy atom. The maximum Gasteiger partial charge on any atom is 0.323 e. The van der Waals surface area contributed by atoms with E-state index in [0.717, 1.165) is 25.9 Å². The van der Waals surface area contributed by atoms with Crippen LogP contribution in [0.25, 0.3) is 0 Å². The summed E-state index contributed by atoms with van der Waals surface area (Å²) in [5.41, 5.74) is 5.77. The first-order valence-corrected chi connectivity index (χ1v) is 6.62. The zero-order valence-corrected chi connectivity index (χ0v) is 11.5. The Morgan fingerprint density at radius 2 is 1.76 bits per heavy atom. The largest absolute Gasteiger partial charge is 0.461 e. The minimum atomic E-state index is -0.488. The molecule has 0 unspecified atom stereocenters. The summed E-state index contributed by atoms with van der Waals surface area (Å²) in [5, 5.41) is 0. The van der Waals surface area contributed by atoms with E-state index in [1.165, 1.54) is 0 Å². The van der Waals surface area contributed by atoms with Gasteiger partial charge in [-0.15, -0.1) is 0 Å². The molecule has 4 heteroatoms. The summed E-state index contributed by atoms with van der Waals surface area (Å²) in [5.74, 6) is -0.110. The van der Waals surface area contributed by atoms with Crippen LogP contribution >= 0.6 is 0 Å². The molecule has 0 aromatic heterocycles. The Kier molecular flexibility index (Phi) is 5.40. The van der Waals surface area contributed by atoms with Crippen molar-refractivity contribution in [3.8, 4) is 0 Å². The molecule has 0 aliphatic carbocycles. The Labute approximate surface area is 104 Å². The normalized spacial score (nSPS) is 20.9. The average molecular weight is 242 g/mol.